The van der Waals surface area contributed by atoms with Crippen molar-refractivity contribution in [1.82, 2.24) is 0 Å². The molecule has 2 rings (SSSR count). The van der Waals surface area contributed by atoms with Crippen molar-refractivity contribution < 1.29 is 14.3 Å². The Morgan fingerprint density at radius 1 is 0.952 bits per heavy atom. The van der Waals surface area contributed by atoms with Gasteiger partial charge in [-0.3, -0.25) is 4.79 Å². The molecule has 0 unspecified atom stereocenters. The van der Waals surface area contributed by atoms with E-state index in [4.69, 9.17) is 0 Å². The Morgan fingerprint density at radius 3 is 1.95 bits per heavy atom. The highest BCUT2D eigenvalue weighted by Crippen LogP contribution is 2.33. The molecule has 0 heterocycles. The number of Topliss-reactive ketones (excluding diaryl/α,β-unsaturated/α-hetero) is 1. The Balaban J connectivity index is 2.63. The van der Waals surface area contributed by atoms with Gasteiger partial charge in [-0.1, -0.05) is 42.5 Å². The van der Waals surface area contributed by atoms with Crippen molar-refractivity contribution in [3.8, 4) is 0 Å². The molecule has 108 valence electrons. The minimum Gasteiger partial charge on any atom is -0.512 e. The maximum Gasteiger partial charge on any atom is 0.160 e. The van der Waals surface area contributed by atoms with Gasteiger partial charge in [0.05, 0.1) is 5.76 Å². The van der Waals surface area contributed by atoms with Crippen LogP contribution in [0.25, 0.3) is 0 Å². The number of ketones is 1. The van der Waals surface area contributed by atoms with Crippen LogP contribution in [-0.2, 0) is 4.79 Å². The van der Waals surface area contributed by atoms with Crippen LogP contribution in [0.3, 0.4) is 0 Å². The number of hydrogen-bond donors (Lipinski definition) is 1. The van der Waals surface area contributed by atoms with Gasteiger partial charge in [0.15, 0.2) is 5.78 Å². The van der Waals surface area contributed by atoms with Crippen LogP contribution < -0.4 is 0 Å². The van der Waals surface area contributed by atoms with E-state index in [1.54, 1.807) is 12.1 Å². The van der Waals surface area contributed by atoms with E-state index >= 15 is 0 Å². The highest BCUT2D eigenvalue weighted by molar-refractivity contribution is 5.96. The fourth-order valence-electron chi connectivity index (χ4n) is 2.49. The van der Waals surface area contributed by atoms with Crippen molar-refractivity contribution in [2.75, 3.05) is 0 Å². The van der Waals surface area contributed by atoms with E-state index in [0.29, 0.717) is 5.57 Å². The number of benzene rings is 2. The zero-order chi connectivity index (χ0) is 15.4. The molecular weight excluding hydrogens is 267 g/mol. The lowest BCUT2D eigenvalue weighted by Gasteiger charge is -2.20. The highest BCUT2D eigenvalue weighted by atomic mass is 19.1. The van der Waals surface area contributed by atoms with Crippen LogP contribution in [0.15, 0.2) is 65.9 Å². The number of aliphatic hydroxyl groups excluding tert-OH is 1. The van der Waals surface area contributed by atoms with E-state index in [-0.39, 0.29) is 17.4 Å². The summed E-state index contributed by atoms with van der Waals surface area (Å²) in [6.45, 7) is 2.92. The second kappa shape index (κ2) is 6.35. The molecule has 0 saturated carbocycles. The van der Waals surface area contributed by atoms with Gasteiger partial charge >= 0.3 is 0 Å². The lowest BCUT2D eigenvalue weighted by molar-refractivity contribution is -0.114. The molecule has 1 N–H and O–H groups in total. The van der Waals surface area contributed by atoms with E-state index in [1.807, 2.05) is 30.3 Å². The molecule has 0 aliphatic heterocycles. The van der Waals surface area contributed by atoms with Gasteiger partial charge in [0, 0.05) is 11.5 Å². The van der Waals surface area contributed by atoms with Crippen LogP contribution in [0, 0.1) is 5.82 Å². The van der Waals surface area contributed by atoms with Crippen LogP contribution in [0.1, 0.15) is 30.9 Å². The average Bonchev–Trinajstić information content (AvgIpc) is 2.46. The molecule has 0 bridgehead atoms. The standard InChI is InChI=1S/C18H17FO2/c1-12(20)17(13(2)21)18(14-6-4-3-5-7-14)15-8-10-16(19)11-9-15/h3-11,18,20H,1-2H3/b17-12-/t18-/m1/s1. The molecule has 0 saturated heterocycles. The number of rotatable bonds is 4. The topological polar surface area (TPSA) is 37.3 Å². The second-order valence-corrected chi connectivity index (χ2v) is 4.95. The van der Waals surface area contributed by atoms with Crippen LogP contribution in [0.2, 0.25) is 0 Å². The molecule has 1 atom stereocenters. The fourth-order valence-corrected chi connectivity index (χ4v) is 2.49. The summed E-state index contributed by atoms with van der Waals surface area (Å²) >= 11 is 0. The molecule has 0 aliphatic carbocycles. The Morgan fingerprint density at radius 2 is 1.48 bits per heavy atom. The first-order chi connectivity index (χ1) is 10.0. The fraction of sp³-hybridized carbons (Fsp3) is 0.167. The van der Waals surface area contributed by atoms with Gasteiger partial charge in [-0.15, -0.1) is 0 Å². The monoisotopic (exact) mass is 284 g/mol. The van der Waals surface area contributed by atoms with Gasteiger partial charge in [0.1, 0.15) is 5.82 Å². The molecule has 21 heavy (non-hydrogen) atoms. The number of allylic oxidation sites excluding steroid dienone is 2. The minimum atomic E-state index is -0.408. The molecular formula is C18H17FO2. The van der Waals surface area contributed by atoms with Crippen molar-refractivity contribution in [3.05, 3.63) is 82.9 Å². The third-order valence-electron chi connectivity index (χ3n) is 3.39. The van der Waals surface area contributed by atoms with Crippen molar-refractivity contribution in [3.63, 3.8) is 0 Å². The zero-order valence-corrected chi connectivity index (χ0v) is 12.0. The van der Waals surface area contributed by atoms with E-state index in [2.05, 4.69) is 0 Å². The maximum absolute atomic E-state index is 13.1. The Bertz CT molecular complexity index is 653. The molecule has 0 radical (unpaired) electrons. The molecule has 0 spiro atoms. The van der Waals surface area contributed by atoms with E-state index in [1.165, 1.54) is 26.0 Å². The summed E-state index contributed by atoms with van der Waals surface area (Å²) in [6, 6.07) is 15.4. The lowest BCUT2D eigenvalue weighted by Crippen LogP contribution is -2.13. The van der Waals surface area contributed by atoms with E-state index in [0.717, 1.165) is 11.1 Å². The van der Waals surface area contributed by atoms with Crippen LogP contribution in [0.5, 0.6) is 0 Å². The largest absolute Gasteiger partial charge is 0.512 e. The molecule has 2 aromatic carbocycles. The van der Waals surface area contributed by atoms with Crippen molar-refractivity contribution in [2.24, 2.45) is 0 Å². The Labute approximate surface area is 123 Å². The average molecular weight is 284 g/mol. The van der Waals surface area contributed by atoms with Crippen LogP contribution >= 0.6 is 0 Å². The molecule has 0 amide bonds. The molecule has 0 fully saturated rings. The number of aliphatic hydroxyl groups is 1. The SMILES string of the molecule is CC(=O)/C(=C(\C)O)[C@H](c1ccccc1)c1ccc(F)cc1. The number of carbonyl (C=O) groups excluding carboxylic acids is 1. The first-order valence-electron chi connectivity index (χ1n) is 6.71. The normalized spacial score (nSPS) is 13.5. The summed E-state index contributed by atoms with van der Waals surface area (Å²) in [5.74, 6) is -0.956. The predicted octanol–water partition coefficient (Wildman–Crippen LogP) is 4.38. The first-order valence-corrected chi connectivity index (χ1v) is 6.71. The third-order valence-corrected chi connectivity index (χ3v) is 3.39. The predicted molar refractivity (Wildman–Crippen MR) is 80.7 cm³/mol. The van der Waals surface area contributed by atoms with Gasteiger partial charge in [-0.25, -0.2) is 4.39 Å². The minimum absolute atomic E-state index is 0.0133. The summed E-state index contributed by atoms with van der Waals surface area (Å²) < 4.78 is 13.1. The number of carbonyl (C=O) groups is 1. The van der Waals surface area contributed by atoms with Crippen LogP contribution in [0.4, 0.5) is 4.39 Å². The molecule has 3 heteroatoms. The van der Waals surface area contributed by atoms with Crippen molar-refractivity contribution >= 4 is 5.78 Å². The van der Waals surface area contributed by atoms with Gasteiger partial charge in [0.25, 0.3) is 0 Å². The summed E-state index contributed by atoms with van der Waals surface area (Å²) in [6.07, 6.45) is 0. The molecule has 0 aliphatic rings. The molecule has 2 aromatic rings. The van der Waals surface area contributed by atoms with Crippen LogP contribution in [-0.4, -0.2) is 10.9 Å². The smallest absolute Gasteiger partial charge is 0.160 e. The zero-order valence-electron chi connectivity index (χ0n) is 12.0. The van der Waals surface area contributed by atoms with Crippen molar-refractivity contribution in [1.29, 1.82) is 0 Å². The molecule has 2 nitrogen and oxygen atoms in total. The van der Waals surface area contributed by atoms with Gasteiger partial charge in [0.2, 0.25) is 0 Å². The Kier molecular flexibility index (Phi) is 4.53. The van der Waals surface area contributed by atoms with Gasteiger partial charge in [-0.2, -0.15) is 0 Å². The second-order valence-electron chi connectivity index (χ2n) is 4.95. The van der Waals surface area contributed by atoms with E-state index < -0.39 is 5.92 Å². The van der Waals surface area contributed by atoms with E-state index in [9.17, 15) is 14.3 Å². The first kappa shape index (κ1) is 15.0. The Hall–Kier alpha value is -2.42. The molecule has 0 aromatic heterocycles. The summed E-state index contributed by atoms with van der Waals surface area (Å²) in [7, 11) is 0. The van der Waals surface area contributed by atoms with Gasteiger partial charge < -0.3 is 5.11 Å². The summed E-state index contributed by atoms with van der Waals surface area (Å²) in [5.41, 5.74) is 1.97. The van der Waals surface area contributed by atoms with Gasteiger partial charge in [-0.05, 0) is 37.1 Å². The third kappa shape index (κ3) is 3.37. The number of halogens is 1. The number of hydrogen-bond acceptors (Lipinski definition) is 2. The quantitative estimate of drug-likeness (QED) is 0.668. The highest BCUT2D eigenvalue weighted by Gasteiger charge is 2.24. The maximum atomic E-state index is 13.1. The van der Waals surface area contributed by atoms with Crippen molar-refractivity contribution in [2.45, 2.75) is 19.8 Å². The summed E-state index contributed by atoms with van der Waals surface area (Å²) in [4.78, 5) is 11.9. The summed E-state index contributed by atoms with van der Waals surface area (Å²) in [5, 5.41) is 9.91. The lowest BCUT2D eigenvalue weighted by atomic mass is 9.82.